The van der Waals surface area contributed by atoms with Crippen LogP contribution in [-0.2, 0) is 5.41 Å². The fourth-order valence-corrected chi connectivity index (χ4v) is 11.2. The summed E-state index contributed by atoms with van der Waals surface area (Å²) in [5, 5.41) is 2.97. The highest BCUT2D eigenvalue weighted by molar-refractivity contribution is 8.00. The Bertz CT molecular complexity index is 2840. The number of hydrogen-bond donors (Lipinski definition) is 0. The van der Waals surface area contributed by atoms with Crippen molar-refractivity contribution in [2.75, 3.05) is 4.90 Å². The first-order chi connectivity index (χ1) is 28.0. The zero-order chi connectivity index (χ0) is 38.1. The molecule has 0 spiro atoms. The first-order valence-electron chi connectivity index (χ1n) is 20.3. The molecule has 0 radical (unpaired) electrons. The summed E-state index contributed by atoms with van der Waals surface area (Å²) >= 11 is 2.05. The van der Waals surface area contributed by atoms with Crippen molar-refractivity contribution in [2.24, 2.45) is 0 Å². The molecule has 0 fully saturated rings. The lowest BCUT2D eigenvalue weighted by molar-refractivity contribution is 0.659. The van der Waals surface area contributed by atoms with Gasteiger partial charge in [-0.15, -0.1) is 11.8 Å². The molecule has 7 aromatic carbocycles. The van der Waals surface area contributed by atoms with Crippen LogP contribution in [0.25, 0.3) is 49.7 Å². The molecule has 0 bridgehead atoms. The molecule has 0 amide bonds. The molecule has 11 rings (SSSR count). The van der Waals surface area contributed by atoms with E-state index in [-0.39, 0.29) is 5.41 Å². The van der Waals surface area contributed by atoms with Crippen LogP contribution in [0.4, 0.5) is 17.1 Å². The number of fused-ring (bicyclic) bond motifs is 8. The molecule has 0 N–H and O–H groups in total. The Morgan fingerprint density at radius 3 is 2.04 bits per heavy atom. The van der Waals surface area contributed by atoms with Crippen molar-refractivity contribution in [2.45, 2.75) is 48.2 Å². The molecule has 57 heavy (non-hydrogen) atoms. The van der Waals surface area contributed by atoms with Crippen molar-refractivity contribution < 1.29 is 0 Å². The van der Waals surface area contributed by atoms with Gasteiger partial charge >= 0.3 is 0 Å². The lowest BCUT2D eigenvalue weighted by atomic mass is 9.80. The summed E-state index contributed by atoms with van der Waals surface area (Å²) in [4.78, 5) is 3.91. The maximum atomic E-state index is 2.49. The second-order valence-corrected chi connectivity index (χ2v) is 17.5. The molecular formula is C55H43NS. The topological polar surface area (TPSA) is 3.24 Å². The van der Waals surface area contributed by atoms with E-state index < -0.39 is 0 Å². The van der Waals surface area contributed by atoms with E-state index in [2.05, 4.69) is 219 Å². The minimum atomic E-state index is -0.0930. The third kappa shape index (κ3) is 5.61. The summed E-state index contributed by atoms with van der Waals surface area (Å²) in [6.07, 6.45) is 18.1. The van der Waals surface area contributed by atoms with Crippen LogP contribution in [0.3, 0.4) is 0 Å². The Morgan fingerprint density at radius 2 is 1.26 bits per heavy atom. The molecule has 4 aliphatic rings. The quantitative estimate of drug-likeness (QED) is 0.167. The van der Waals surface area contributed by atoms with Gasteiger partial charge in [-0.3, -0.25) is 0 Å². The zero-order valence-electron chi connectivity index (χ0n) is 32.3. The average molecular weight is 750 g/mol. The number of rotatable bonds is 6. The molecule has 2 unspecified atom stereocenters. The number of benzene rings is 7. The second kappa shape index (κ2) is 13.5. The summed E-state index contributed by atoms with van der Waals surface area (Å²) in [6.45, 7) is 4.82. The molecule has 2 heteroatoms. The van der Waals surface area contributed by atoms with E-state index in [1.807, 2.05) is 0 Å². The van der Waals surface area contributed by atoms with Crippen LogP contribution in [0, 0.1) is 0 Å². The molecule has 1 aliphatic heterocycles. The fourth-order valence-electron chi connectivity index (χ4n) is 9.74. The summed E-state index contributed by atoms with van der Waals surface area (Å²) in [7, 11) is 0. The van der Waals surface area contributed by atoms with Gasteiger partial charge in [0.1, 0.15) is 0 Å². The van der Waals surface area contributed by atoms with Gasteiger partial charge in [-0.2, -0.15) is 0 Å². The van der Waals surface area contributed by atoms with Gasteiger partial charge in [-0.1, -0.05) is 166 Å². The second-order valence-electron chi connectivity index (χ2n) is 16.3. The van der Waals surface area contributed by atoms with Gasteiger partial charge in [0.05, 0.1) is 5.69 Å². The summed E-state index contributed by atoms with van der Waals surface area (Å²) in [5.41, 5.74) is 18.2. The molecule has 1 nitrogen and oxygen atoms in total. The van der Waals surface area contributed by atoms with Crippen molar-refractivity contribution in [3.63, 3.8) is 0 Å². The Labute approximate surface area is 340 Å². The van der Waals surface area contributed by atoms with E-state index in [9.17, 15) is 0 Å². The largest absolute Gasteiger partial charge is 0.310 e. The van der Waals surface area contributed by atoms with Gasteiger partial charge in [-0.05, 0) is 116 Å². The van der Waals surface area contributed by atoms with Crippen LogP contribution in [-0.4, -0.2) is 5.25 Å². The van der Waals surface area contributed by atoms with Crippen LogP contribution in [0.2, 0.25) is 0 Å². The van der Waals surface area contributed by atoms with Gasteiger partial charge in [0, 0.05) is 38.2 Å². The van der Waals surface area contributed by atoms with Crippen LogP contribution in [0.5, 0.6) is 0 Å². The minimum Gasteiger partial charge on any atom is -0.310 e. The predicted octanol–water partition coefficient (Wildman–Crippen LogP) is 15.4. The van der Waals surface area contributed by atoms with E-state index in [4.69, 9.17) is 0 Å². The highest BCUT2D eigenvalue weighted by Crippen LogP contribution is 2.59. The van der Waals surface area contributed by atoms with Crippen molar-refractivity contribution in [1.82, 2.24) is 0 Å². The van der Waals surface area contributed by atoms with Crippen LogP contribution < -0.4 is 4.90 Å². The zero-order valence-corrected chi connectivity index (χ0v) is 33.1. The summed E-state index contributed by atoms with van der Waals surface area (Å²) in [5.74, 6) is 0.461. The van der Waals surface area contributed by atoms with E-state index in [1.165, 1.54) is 82.6 Å². The van der Waals surface area contributed by atoms with Crippen molar-refractivity contribution in [1.29, 1.82) is 0 Å². The van der Waals surface area contributed by atoms with Gasteiger partial charge in [0.15, 0.2) is 0 Å². The Morgan fingerprint density at radius 1 is 0.579 bits per heavy atom. The van der Waals surface area contributed by atoms with Gasteiger partial charge in [-0.25, -0.2) is 0 Å². The van der Waals surface area contributed by atoms with Crippen molar-refractivity contribution >= 4 is 45.2 Å². The monoisotopic (exact) mass is 749 g/mol. The predicted molar refractivity (Wildman–Crippen MR) is 244 cm³/mol. The van der Waals surface area contributed by atoms with Crippen LogP contribution >= 0.6 is 11.8 Å². The molecule has 2 atom stereocenters. The molecule has 0 saturated heterocycles. The number of allylic oxidation sites excluding steroid dienone is 7. The molecule has 7 aromatic rings. The van der Waals surface area contributed by atoms with Crippen molar-refractivity contribution in [3.8, 4) is 33.4 Å². The van der Waals surface area contributed by atoms with E-state index in [0.29, 0.717) is 11.2 Å². The standard InChI is InChI=1S/C55H43NS/c1-55(2)49-33-31-47-46-19-11-12-20-52(46)57-54(47)53(49)48-30-25-40(35-50(48)55)43-32-34-51(45-18-10-9-17-44(43)45)56(41-26-21-38(22-27-41)36-13-5-3-6-14-36)42-28-23-39(24-29-42)37-15-7-4-8-16-37/h3-7,9-15,17-35,46,52H,8,16H2,1-2H3. The number of nitrogens with zero attached hydrogens (tertiary/aromatic N) is 1. The van der Waals surface area contributed by atoms with E-state index in [0.717, 1.165) is 24.2 Å². The minimum absolute atomic E-state index is 0.0930. The fraction of sp³-hybridized carbons (Fsp3) is 0.127. The third-order valence-corrected chi connectivity index (χ3v) is 14.1. The normalized spacial score (nSPS) is 18.2. The SMILES string of the molecule is CC1(C)c2cc(-c3ccc(N(c4ccc(C5=CC=CCC5)cc4)c4ccc(-c5ccccc5)cc4)c4ccccc34)ccc2-c2c1ccc1c2SC2C=CC=CC12. The third-order valence-electron chi connectivity index (χ3n) is 12.7. The molecule has 0 aromatic heterocycles. The Kier molecular flexibility index (Phi) is 8.12. The van der Waals surface area contributed by atoms with Gasteiger partial charge in [0.2, 0.25) is 0 Å². The molecule has 3 aliphatic carbocycles. The molecular weight excluding hydrogens is 707 g/mol. The maximum absolute atomic E-state index is 2.49. The number of thioether (sulfide) groups is 1. The van der Waals surface area contributed by atoms with E-state index >= 15 is 0 Å². The summed E-state index contributed by atoms with van der Waals surface area (Å²) < 4.78 is 0. The van der Waals surface area contributed by atoms with Crippen molar-refractivity contribution in [3.05, 3.63) is 210 Å². The lowest BCUT2D eigenvalue weighted by Gasteiger charge is -2.28. The van der Waals surface area contributed by atoms with Crippen LogP contribution in [0.15, 0.2) is 193 Å². The lowest BCUT2D eigenvalue weighted by Crippen LogP contribution is -2.15. The highest BCUT2D eigenvalue weighted by atomic mass is 32.2. The van der Waals surface area contributed by atoms with E-state index in [1.54, 1.807) is 0 Å². The van der Waals surface area contributed by atoms with Crippen LogP contribution in [0.1, 0.15) is 54.9 Å². The number of anilines is 3. The van der Waals surface area contributed by atoms with Gasteiger partial charge in [0.25, 0.3) is 0 Å². The molecule has 0 saturated carbocycles. The highest BCUT2D eigenvalue weighted by Gasteiger charge is 2.42. The van der Waals surface area contributed by atoms with Gasteiger partial charge < -0.3 is 4.90 Å². The summed E-state index contributed by atoms with van der Waals surface area (Å²) in [6, 6.07) is 54.6. The first-order valence-corrected chi connectivity index (χ1v) is 21.2. The Balaban J connectivity index is 1.02. The molecule has 1 heterocycles. The smallest absolute Gasteiger partial charge is 0.0540 e. The molecule has 274 valence electrons. The Hall–Kier alpha value is -6.09. The first kappa shape index (κ1) is 34.2. The number of hydrogen-bond acceptors (Lipinski definition) is 2. The average Bonchev–Trinajstić information content (AvgIpc) is 3.76. The maximum Gasteiger partial charge on any atom is 0.0540 e.